The molecular formula is C56H50N6O. The lowest BCUT2D eigenvalue weighted by Gasteiger charge is -2.09. The first-order chi connectivity index (χ1) is 30.9. The number of hydrogen-bond acceptors (Lipinski definition) is 4. The van der Waals surface area contributed by atoms with Crippen molar-refractivity contribution in [1.29, 1.82) is 0 Å². The minimum Gasteiger partial charge on any atom is -0.494 e. The van der Waals surface area contributed by atoms with Gasteiger partial charge in [-0.15, -0.1) is 0 Å². The molecule has 4 aromatic carbocycles. The van der Waals surface area contributed by atoms with Gasteiger partial charge in [-0.2, -0.15) is 0 Å². The molecule has 0 spiro atoms. The molecule has 7 nitrogen and oxygen atoms in total. The molecule has 0 radical (unpaired) electrons. The Labute approximate surface area is 368 Å². The van der Waals surface area contributed by atoms with Crippen molar-refractivity contribution in [2.24, 2.45) is 0 Å². The Balaban J connectivity index is 1.14. The fourth-order valence-corrected chi connectivity index (χ4v) is 8.66. The zero-order chi connectivity index (χ0) is 42.7. The Morgan fingerprint density at radius 2 is 0.825 bits per heavy atom. The minimum atomic E-state index is 0.687. The van der Waals surface area contributed by atoms with E-state index < -0.39 is 0 Å². The fraction of sp³-hybridized carbons (Fsp3) is 0.161. The van der Waals surface area contributed by atoms with Crippen LogP contribution in [-0.2, 0) is 6.54 Å². The summed E-state index contributed by atoms with van der Waals surface area (Å²) in [5.41, 5.74) is 19.5. The Hall–Kier alpha value is -7.51. The van der Waals surface area contributed by atoms with E-state index in [0.717, 1.165) is 121 Å². The topological polar surface area (TPSA) is 84.4 Å². The van der Waals surface area contributed by atoms with Crippen molar-refractivity contribution in [1.82, 2.24) is 29.5 Å². The number of imidazole rings is 1. The van der Waals surface area contributed by atoms with Gasteiger partial charge in [0.15, 0.2) is 0 Å². The highest BCUT2D eigenvalue weighted by Gasteiger charge is 2.19. The van der Waals surface area contributed by atoms with Gasteiger partial charge in [0.1, 0.15) is 5.75 Å². The second-order valence-corrected chi connectivity index (χ2v) is 16.7. The molecule has 63 heavy (non-hydrogen) atoms. The van der Waals surface area contributed by atoms with Gasteiger partial charge in [0.05, 0.1) is 35.7 Å². The van der Waals surface area contributed by atoms with E-state index in [1.165, 1.54) is 23.1 Å². The molecule has 0 unspecified atom stereocenters. The number of aryl methyl sites for hydroxylation is 4. The van der Waals surface area contributed by atoms with E-state index in [4.69, 9.17) is 14.7 Å². The largest absolute Gasteiger partial charge is 0.494 e. The van der Waals surface area contributed by atoms with E-state index in [1.807, 2.05) is 18.7 Å². The quantitative estimate of drug-likeness (QED) is 0.120. The van der Waals surface area contributed by atoms with Crippen LogP contribution in [-0.4, -0.2) is 36.1 Å². The number of nitrogens with one attached hydrogen (secondary N) is 2. The Kier molecular flexibility index (Phi) is 11.0. The Morgan fingerprint density at radius 1 is 0.444 bits per heavy atom. The maximum Gasteiger partial charge on any atom is 0.119 e. The summed E-state index contributed by atoms with van der Waals surface area (Å²) in [5, 5.41) is 0. The first-order valence-electron chi connectivity index (χ1n) is 22.0. The molecule has 6 heterocycles. The van der Waals surface area contributed by atoms with Crippen LogP contribution < -0.4 is 4.74 Å². The van der Waals surface area contributed by atoms with Gasteiger partial charge in [-0.25, -0.2) is 15.0 Å². The number of rotatable bonds is 12. The molecule has 0 saturated heterocycles. The normalized spacial score (nSPS) is 12.0. The summed E-state index contributed by atoms with van der Waals surface area (Å²) >= 11 is 0. The van der Waals surface area contributed by atoms with E-state index in [1.54, 1.807) is 0 Å². The summed E-state index contributed by atoms with van der Waals surface area (Å²) in [6.45, 7) is 8.06. The van der Waals surface area contributed by atoms with E-state index in [-0.39, 0.29) is 0 Å². The molecule has 310 valence electrons. The maximum absolute atomic E-state index is 6.26. The Morgan fingerprint density at radius 3 is 1.21 bits per heavy atom. The zero-order valence-corrected chi connectivity index (χ0v) is 36.0. The summed E-state index contributed by atoms with van der Waals surface area (Å²) in [6, 6.07) is 43.4. The summed E-state index contributed by atoms with van der Waals surface area (Å²) in [6.07, 6.45) is 18.8. The van der Waals surface area contributed by atoms with Crippen LogP contribution in [0.5, 0.6) is 5.75 Å². The first kappa shape index (κ1) is 39.6. The lowest BCUT2D eigenvalue weighted by Crippen LogP contribution is -1.98. The number of hydrogen-bond donors (Lipinski definition) is 2. The molecule has 0 fully saturated rings. The first-order valence-corrected chi connectivity index (χ1v) is 22.0. The average Bonchev–Trinajstić information content (AvgIpc) is 4.17. The smallest absolute Gasteiger partial charge is 0.119 e. The van der Waals surface area contributed by atoms with Crippen molar-refractivity contribution >= 4 is 46.4 Å². The molecule has 0 saturated carbocycles. The number of aromatic nitrogens is 6. The SMILES string of the molecule is Cc1ccc(-c2c3nc(c(-c4ccc(C)cc4)c4ccc([nH]4)c(-c4ccc(OCCCCCCn5ccnc5)cc4)c4nc(c(-c5ccc(C)cc5)c5ccc2[nH]5)C=C4)C=C3)cc1. The maximum atomic E-state index is 6.26. The number of aromatic amines is 2. The monoisotopic (exact) mass is 822 g/mol. The molecule has 2 N–H and O–H groups in total. The minimum absolute atomic E-state index is 0.687. The molecule has 10 rings (SSSR count). The van der Waals surface area contributed by atoms with Crippen molar-refractivity contribution in [3.05, 3.63) is 180 Å². The van der Waals surface area contributed by atoms with Crippen LogP contribution in [0.3, 0.4) is 0 Å². The predicted molar refractivity (Wildman–Crippen MR) is 261 cm³/mol. The van der Waals surface area contributed by atoms with Gasteiger partial charge in [-0.3, -0.25) is 0 Å². The van der Waals surface area contributed by atoms with Crippen LogP contribution in [0.25, 0.3) is 90.9 Å². The van der Waals surface area contributed by atoms with Crippen molar-refractivity contribution in [3.63, 3.8) is 0 Å². The summed E-state index contributed by atoms with van der Waals surface area (Å²) in [4.78, 5) is 22.8. The van der Waals surface area contributed by atoms with Crippen molar-refractivity contribution in [3.8, 4) is 50.3 Å². The third-order valence-corrected chi connectivity index (χ3v) is 12.1. The molecule has 4 aromatic heterocycles. The number of benzene rings is 4. The highest BCUT2D eigenvalue weighted by Crippen LogP contribution is 2.39. The molecular weight excluding hydrogens is 773 g/mol. The van der Waals surface area contributed by atoms with Crippen LogP contribution in [0.4, 0.5) is 0 Å². The molecule has 2 aliphatic rings. The fourth-order valence-electron chi connectivity index (χ4n) is 8.66. The summed E-state index contributed by atoms with van der Waals surface area (Å²) in [7, 11) is 0. The molecule has 8 bridgehead atoms. The van der Waals surface area contributed by atoms with Crippen molar-refractivity contribution in [2.45, 2.75) is 53.0 Å². The summed E-state index contributed by atoms with van der Waals surface area (Å²) < 4.78 is 8.40. The number of fused-ring (bicyclic) bond motifs is 8. The molecule has 0 atom stereocenters. The lowest BCUT2D eigenvalue weighted by molar-refractivity contribution is 0.304. The number of H-pyrrole nitrogens is 2. The highest BCUT2D eigenvalue weighted by molar-refractivity contribution is 5.99. The predicted octanol–water partition coefficient (Wildman–Crippen LogP) is 14.1. The van der Waals surface area contributed by atoms with Crippen LogP contribution in [0.15, 0.2) is 140 Å². The van der Waals surface area contributed by atoms with Gasteiger partial charge in [0, 0.05) is 63.3 Å². The second kappa shape index (κ2) is 17.5. The standard InChI is InChI=1S/C56H50N6O/c1-37-8-14-40(15-9-37)53-45-24-26-47(58-45)54(41-16-10-38(2)11-17-41)49-28-30-51(60-49)56(43-20-22-44(23-21-43)63-35-7-5-4-6-33-62-34-32-57-36-62)52-31-29-50(61-52)55(48-27-25-46(53)59-48)42-18-12-39(3)13-19-42/h8-32,34,36,58,61H,4-7,33,35H2,1-3H3. The molecule has 0 amide bonds. The van der Waals surface area contributed by atoms with Crippen molar-refractivity contribution in [2.75, 3.05) is 6.61 Å². The Bertz CT molecular complexity index is 3090. The number of unbranched alkanes of at least 4 members (excludes halogenated alkanes) is 3. The lowest BCUT2D eigenvalue weighted by atomic mass is 10.0. The van der Waals surface area contributed by atoms with E-state index >= 15 is 0 Å². The highest BCUT2D eigenvalue weighted by atomic mass is 16.5. The zero-order valence-electron chi connectivity index (χ0n) is 36.0. The van der Waals surface area contributed by atoms with Gasteiger partial charge >= 0.3 is 0 Å². The van der Waals surface area contributed by atoms with E-state index in [9.17, 15) is 0 Å². The van der Waals surface area contributed by atoms with Gasteiger partial charge in [-0.05, 0) is 117 Å². The van der Waals surface area contributed by atoms with Crippen molar-refractivity contribution < 1.29 is 4.74 Å². The molecule has 0 aliphatic carbocycles. The van der Waals surface area contributed by atoms with E-state index in [2.05, 4.69) is 186 Å². The van der Waals surface area contributed by atoms with Gasteiger partial charge in [0.2, 0.25) is 0 Å². The van der Waals surface area contributed by atoms with Gasteiger partial charge in [0.25, 0.3) is 0 Å². The molecule has 8 aromatic rings. The number of ether oxygens (including phenoxy) is 1. The third kappa shape index (κ3) is 8.43. The average molecular weight is 823 g/mol. The van der Waals surface area contributed by atoms with Crippen LogP contribution in [0.1, 0.15) is 65.1 Å². The van der Waals surface area contributed by atoms with Gasteiger partial charge < -0.3 is 19.3 Å². The molecule has 7 heteroatoms. The third-order valence-electron chi connectivity index (χ3n) is 12.1. The van der Waals surface area contributed by atoms with Crippen LogP contribution in [0, 0.1) is 20.8 Å². The van der Waals surface area contributed by atoms with Crippen LogP contribution in [0.2, 0.25) is 0 Å². The molecule has 2 aliphatic heterocycles. The van der Waals surface area contributed by atoms with Gasteiger partial charge in [-0.1, -0.05) is 114 Å². The second-order valence-electron chi connectivity index (χ2n) is 16.7. The van der Waals surface area contributed by atoms with Crippen LogP contribution >= 0.6 is 0 Å². The summed E-state index contributed by atoms with van der Waals surface area (Å²) in [5.74, 6) is 0.863. The van der Waals surface area contributed by atoms with E-state index in [0.29, 0.717) is 6.61 Å². The number of nitrogens with zero attached hydrogens (tertiary/aromatic N) is 4.